The van der Waals surface area contributed by atoms with Gasteiger partial charge in [-0.1, -0.05) is 0 Å². The molecule has 12 heteroatoms. The van der Waals surface area contributed by atoms with E-state index >= 15 is 0 Å². The molecule has 2 rings (SSSR count). The predicted molar refractivity (Wildman–Crippen MR) is 100 cm³/mol. The van der Waals surface area contributed by atoms with E-state index in [1.807, 2.05) is 0 Å². The van der Waals surface area contributed by atoms with Gasteiger partial charge in [0.25, 0.3) is 0 Å². The number of carbonyl (C=O) groups excluding carboxylic acids is 2. The summed E-state index contributed by atoms with van der Waals surface area (Å²) in [6, 6.07) is 0.636. The number of fused-ring (bicyclic) bond motifs is 1. The molecule has 0 saturated heterocycles. The Bertz CT molecular complexity index is 967. The molecular formula is C15H23N3O6S3. The molecule has 2 N–H and O–H groups in total. The maximum Gasteiger partial charge on any atom is 0.247 e. The van der Waals surface area contributed by atoms with Crippen molar-refractivity contribution in [2.24, 2.45) is 5.14 Å². The number of hydrogen-bond donors (Lipinski definition) is 1. The van der Waals surface area contributed by atoms with Gasteiger partial charge < -0.3 is 9.80 Å². The predicted octanol–water partition coefficient (Wildman–Crippen LogP) is 0.329. The smallest absolute Gasteiger partial charge is 0.247 e. The molecular weight excluding hydrogens is 414 g/mol. The first-order chi connectivity index (χ1) is 12.3. The van der Waals surface area contributed by atoms with Gasteiger partial charge in [-0.15, -0.1) is 11.3 Å². The molecule has 2 heterocycles. The van der Waals surface area contributed by atoms with Crippen LogP contribution >= 0.6 is 11.3 Å². The second-order valence-electron chi connectivity index (χ2n) is 6.52. The lowest BCUT2D eigenvalue weighted by molar-refractivity contribution is -0.140. The Morgan fingerprint density at radius 1 is 1.37 bits per heavy atom. The van der Waals surface area contributed by atoms with Gasteiger partial charge in [-0.25, -0.2) is 22.0 Å². The number of amides is 2. The van der Waals surface area contributed by atoms with E-state index in [-0.39, 0.29) is 45.3 Å². The maximum atomic E-state index is 12.7. The zero-order valence-corrected chi connectivity index (χ0v) is 17.9. The summed E-state index contributed by atoms with van der Waals surface area (Å²) in [5.41, 5.74) is 0.266. The highest BCUT2D eigenvalue weighted by Crippen LogP contribution is 2.44. The number of thiophene rings is 1. The Morgan fingerprint density at radius 2 is 1.96 bits per heavy atom. The fourth-order valence-electron chi connectivity index (χ4n) is 2.98. The second kappa shape index (κ2) is 7.49. The Labute approximate surface area is 163 Å². The van der Waals surface area contributed by atoms with Crippen molar-refractivity contribution in [1.29, 1.82) is 0 Å². The molecule has 2 atom stereocenters. The molecule has 0 spiro atoms. The van der Waals surface area contributed by atoms with Crippen molar-refractivity contribution in [3.8, 4) is 0 Å². The van der Waals surface area contributed by atoms with Gasteiger partial charge in [0.2, 0.25) is 21.8 Å². The molecule has 9 nitrogen and oxygen atoms in total. The van der Waals surface area contributed by atoms with Crippen LogP contribution in [-0.2, 0) is 29.4 Å². The summed E-state index contributed by atoms with van der Waals surface area (Å²) < 4.78 is 48.4. The third-order valence-corrected chi connectivity index (χ3v) is 9.95. The van der Waals surface area contributed by atoms with Gasteiger partial charge in [-0.3, -0.25) is 9.59 Å². The molecule has 2 amide bonds. The SMILES string of the molecule is CCN(C(=O)CN(C)C(C)=O)[C@H]1C[C@H](C)S(=O)(=O)c2sc(S(N)(=O)=O)cc21. The fourth-order valence-corrected chi connectivity index (χ4v) is 7.38. The first-order valence-electron chi connectivity index (χ1n) is 8.22. The van der Waals surface area contributed by atoms with Crippen molar-refractivity contribution in [3.63, 3.8) is 0 Å². The van der Waals surface area contributed by atoms with E-state index in [0.717, 1.165) is 0 Å². The van der Waals surface area contributed by atoms with Crippen LogP contribution in [0.1, 0.15) is 38.8 Å². The van der Waals surface area contributed by atoms with Crippen LogP contribution in [0.5, 0.6) is 0 Å². The van der Waals surface area contributed by atoms with Gasteiger partial charge in [0.05, 0.1) is 17.8 Å². The van der Waals surface area contributed by atoms with Crippen LogP contribution in [0.4, 0.5) is 0 Å². The van der Waals surface area contributed by atoms with Crippen LogP contribution in [0, 0.1) is 0 Å². The summed E-state index contributed by atoms with van der Waals surface area (Å²) in [7, 11) is -6.28. The number of primary sulfonamides is 1. The highest BCUT2D eigenvalue weighted by Gasteiger charge is 2.42. The molecule has 0 unspecified atom stereocenters. The van der Waals surface area contributed by atoms with Crippen LogP contribution < -0.4 is 5.14 Å². The first-order valence-corrected chi connectivity index (χ1v) is 12.1. The van der Waals surface area contributed by atoms with Crippen LogP contribution in [0.2, 0.25) is 0 Å². The number of sulfonamides is 1. The molecule has 0 radical (unpaired) electrons. The maximum absolute atomic E-state index is 12.7. The molecule has 0 fully saturated rings. The van der Waals surface area contributed by atoms with Crippen molar-refractivity contribution in [2.45, 2.75) is 46.9 Å². The average molecular weight is 438 g/mol. The van der Waals surface area contributed by atoms with E-state index < -0.39 is 31.2 Å². The molecule has 0 bridgehead atoms. The Hall–Kier alpha value is -1.50. The minimum absolute atomic E-state index is 0.0681. The zero-order chi connectivity index (χ0) is 20.7. The molecule has 0 aliphatic carbocycles. The van der Waals surface area contributed by atoms with Crippen molar-refractivity contribution in [2.75, 3.05) is 20.1 Å². The van der Waals surface area contributed by atoms with E-state index in [1.54, 1.807) is 6.92 Å². The van der Waals surface area contributed by atoms with Crippen molar-refractivity contribution < 1.29 is 26.4 Å². The largest absolute Gasteiger partial charge is 0.337 e. The van der Waals surface area contributed by atoms with Gasteiger partial charge in [0, 0.05) is 26.1 Å². The van der Waals surface area contributed by atoms with Gasteiger partial charge in [-0.2, -0.15) is 0 Å². The van der Waals surface area contributed by atoms with Crippen molar-refractivity contribution in [1.82, 2.24) is 9.80 Å². The van der Waals surface area contributed by atoms with Gasteiger partial charge in [-0.05, 0) is 26.3 Å². The molecule has 27 heavy (non-hydrogen) atoms. The third-order valence-electron chi connectivity index (χ3n) is 4.63. The lowest BCUT2D eigenvalue weighted by atomic mass is 10.0. The lowest BCUT2D eigenvalue weighted by Crippen LogP contribution is -2.44. The standard InChI is InChI=1S/C15H23N3O6S3/c1-5-18(13(20)8-17(4)10(3)19)12-6-9(2)26(21,22)15-11(12)7-14(25-15)27(16,23)24/h7,9,12H,5-6,8H2,1-4H3,(H2,16,23,24)/t9-,12-/m0/s1. The molecule has 152 valence electrons. The van der Waals surface area contributed by atoms with Gasteiger partial charge in [0.15, 0.2) is 9.84 Å². The summed E-state index contributed by atoms with van der Waals surface area (Å²) in [5.74, 6) is -0.618. The number of nitrogens with zero attached hydrogens (tertiary/aromatic N) is 2. The van der Waals surface area contributed by atoms with E-state index in [0.29, 0.717) is 11.3 Å². The van der Waals surface area contributed by atoms with Crippen LogP contribution in [-0.4, -0.2) is 63.8 Å². The number of sulfone groups is 1. The van der Waals surface area contributed by atoms with E-state index in [9.17, 15) is 26.4 Å². The minimum Gasteiger partial charge on any atom is -0.337 e. The van der Waals surface area contributed by atoms with Crippen molar-refractivity contribution >= 4 is 43.0 Å². The van der Waals surface area contributed by atoms with Gasteiger partial charge >= 0.3 is 0 Å². The Morgan fingerprint density at radius 3 is 2.44 bits per heavy atom. The molecule has 1 aromatic rings. The van der Waals surface area contributed by atoms with E-state index in [2.05, 4.69) is 0 Å². The minimum atomic E-state index is -4.07. The highest BCUT2D eigenvalue weighted by atomic mass is 32.3. The van der Waals surface area contributed by atoms with Crippen LogP contribution in [0.25, 0.3) is 0 Å². The average Bonchev–Trinajstić information content (AvgIpc) is 2.99. The quantitative estimate of drug-likeness (QED) is 0.705. The van der Waals surface area contributed by atoms with Crippen LogP contribution in [0.3, 0.4) is 0 Å². The molecule has 1 aromatic heterocycles. The fraction of sp³-hybridized carbons (Fsp3) is 0.600. The molecule has 0 saturated carbocycles. The Balaban J connectivity index is 2.53. The normalized spacial score (nSPS) is 21.4. The lowest BCUT2D eigenvalue weighted by Gasteiger charge is -2.36. The molecule has 1 aliphatic heterocycles. The van der Waals surface area contributed by atoms with Gasteiger partial charge in [0.1, 0.15) is 8.42 Å². The number of nitrogens with two attached hydrogens (primary N) is 1. The molecule has 0 aromatic carbocycles. The third kappa shape index (κ3) is 4.18. The Kier molecular flexibility index (Phi) is 6.05. The summed E-state index contributed by atoms with van der Waals surface area (Å²) in [4.78, 5) is 26.9. The summed E-state index contributed by atoms with van der Waals surface area (Å²) in [6.45, 7) is 4.74. The molecule has 1 aliphatic rings. The van der Waals surface area contributed by atoms with E-state index in [4.69, 9.17) is 5.14 Å². The second-order valence-corrected chi connectivity index (χ2v) is 11.9. The number of likely N-dealkylation sites (N-methyl/N-ethyl adjacent to an activating group) is 2. The summed E-state index contributed by atoms with van der Waals surface area (Å²) >= 11 is 0.612. The summed E-state index contributed by atoms with van der Waals surface area (Å²) in [5, 5.41) is 4.39. The monoisotopic (exact) mass is 437 g/mol. The highest BCUT2D eigenvalue weighted by molar-refractivity contribution is 7.95. The van der Waals surface area contributed by atoms with Crippen molar-refractivity contribution in [3.05, 3.63) is 11.6 Å². The first kappa shape index (κ1) is 21.8. The zero-order valence-electron chi connectivity index (χ0n) is 15.5. The van der Waals surface area contributed by atoms with Crippen LogP contribution in [0.15, 0.2) is 14.5 Å². The topological polar surface area (TPSA) is 135 Å². The number of hydrogen-bond acceptors (Lipinski definition) is 7. The summed E-state index contributed by atoms with van der Waals surface area (Å²) in [6.07, 6.45) is 0.138. The number of carbonyl (C=O) groups is 2. The number of rotatable bonds is 5. The van der Waals surface area contributed by atoms with E-state index in [1.165, 1.54) is 36.8 Å².